The third kappa shape index (κ3) is 3.32. The first-order valence-corrected chi connectivity index (χ1v) is 8.09. The summed E-state index contributed by atoms with van der Waals surface area (Å²) in [5.41, 5.74) is 2.77. The Labute approximate surface area is 148 Å². The maximum atomic E-state index is 12.9. The van der Waals surface area contributed by atoms with Crippen LogP contribution in [0.3, 0.4) is 0 Å². The fourth-order valence-corrected chi connectivity index (χ4v) is 2.70. The van der Waals surface area contributed by atoms with E-state index in [2.05, 4.69) is 5.16 Å². The molecular formula is C21H14FNO3. The second-order valence-corrected chi connectivity index (χ2v) is 5.85. The van der Waals surface area contributed by atoms with E-state index < -0.39 is 11.8 Å². The number of halogens is 1. The molecule has 0 N–H and O–H groups in total. The van der Waals surface area contributed by atoms with Crippen LogP contribution in [0.4, 0.5) is 4.39 Å². The van der Waals surface area contributed by atoms with Gasteiger partial charge in [-0.05, 0) is 42.0 Å². The molecule has 1 aromatic heterocycles. The Bertz CT molecular complexity index is 1060. The Balaban J connectivity index is 1.55. The molecule has 0 saturated carbocycles. The summed E-state index contributed by atoms with van der Waals surface area (Å²) in [6, 6.07) is 20.3. The molecule has 0 aliphatic heterocycles. The number of carbonyl (C=O) groups is 1. The Morgan fingerprint density at radius 1 is 1.00 bits per heavy atom. The smallest absolute Gasteiger partial charge is 0.343 e. The zero-order valence-electron chi connectivity index (χ0n) is 13.7. The van der Waals surface area contributed by atoms with Gasteiger partial charge >= 0.3 is 5.97 Å². The van der Waals surface area contributed by atoms with Crippen molar-refractivity contribution in [1.29, 1.82) is 0 Å². The number of rotatable bonds is 4. The van der Waals surface area contributed by atoms with Gasteiger partial charge < -0.3 is 9.26 Å². The van der Waals surface area contributed by atoms with Gasteiger partial charge in [0.05, 0.1) is 11.3 Å². The highest BCUT2D eigenvalue weighted by Crippen LogP contribution is 2.26. The second kappa shape index (κ2) is 6.80. The molecule has 0 unspecified atom stereocenters. The summed E-state index contributed by atoms with van der Waals surface area (Å²) in [4.78, 5) is 12.1. The first-order chi connectivity index (χ1) is 12.7. The molecule has 0 atom stereocenters. The van der Waals surface area contributed by atoms with Gasteiger partial charge in [-0.1, -0.05) is 35.5 Å². The molecule has 128 valence electrons. The van der Waals surface area contributed by atoms with Crippen molar-refractivity contribution >= 4 is 16.9 Å². The maximum Gasteiger partial charge on any atom is 0.343 e. The summed E-state index contributed by atoms with van der Waals surface area (Å²) in [5, 5.41) is 4.99. The van der Waals surface area contributed by atoms with Crippen molar-refractivity contribution in [1.82, 2.24) is 5.16 Å². The average molecular weight is 347 g/mol. The first kappa shape index (κ1) is 16.0. The van der Waals surface area contributed by atoms with E-state index >= 15 is 0 Å². The van der Waals surface area contributed by atoms with Crippen molar-refractivity contribution < 1.29 is 18.4 Å². The van der Waals surface area contributed by atoms with Crippen LogP contribution in [0.15, 0.2) is 77.3 Å². The van der Waals surface area contributed by atoms with Crippen LogP contribution in [0.5, 0.6) is 5.75 Å². The minimum atomic E-state index is -0.562. The number of aromatic nitrogens is 1. The van der Waals surface area contributed by atoms with Gasteiger partial charge in [0, 0.05) is 17.9 Å². The summed E-state index contributed by atoms with van der Waals surface area (Å²) in [6.07, 6.45) is 0.655. The molecule has 0 bridgehead atoms. The predicted octanol–water partition coefficient (Wildman–Crippen LogP) is 4.78. The summed E-state index contributed by atoms with van der Waals surface area (Å²) < 4.78 is 23.6. The molecule has 5 heteroatoms. The number of esters is 1. The van der Waals surface area contributed by atoms with Gasteiger partial charge in [-0.25, -0.2) is 9.18 Å². The number of ether oxygens (including phenoxy) is 1. The lowest BCUT2D eigenvalue weighted by Gasteiger charge is -2.04. The molecule has 4 aromatic rings. The Hall–Kier alpha value is -3.47. The quantitative estimate of drug-likeness (QED) is 0.394. The number of fused-ring (bicyclic) bond motifs is 1. The summed E-state index contributed by atoms with van der Waals surface area (Å²) in [5.74, 6) is -0.627. The lowest BCUT2D eigenvalue weighted by atomic mass is 10.1. The Kier molecular flexibility index (Phi) is 4.19. The van der Waals surface area contributed by atoms with Crippen LogP contribution < -0.4 is 4.74 Å². The number of hydrogen-bond donors (Lipinski definition) is 0. The van der Waals surface area contributed by atoms with E-state index in [-0.39, 0.29) is 5.56 Å². The third-order valence-electron chi connectivity index (χ3n) is 4.02. The zero-order valence-corrected chi connectivity index (χ0v) is 13.7. The third-order valence-corrected chi connectivity index (χ3v) is 4.02. The summed E-state index contributed by atoms with van der Waals surface area (Å²) in [7, 11) is 0. The molecule has 4 rings (SSSR count). The van der Waals surface area contributed by atoms with Crippen LogP contribution in [-0.2, 0) is 6.42 Å². The minimum absolute atomic E-state index is 0.272. The molecule has 0 amide bonds. The molecule has 4 nitrogen and oxygen atoms in total. The normalized spacial score (nSPS) is 10.8. The van der Waals surface area contributed by atoms with Gasteiger partial charge in [-0.3, -0.25) is 0 Å². The van der Waals surface area contributed by atoms with Crippen molar-refractivity contribution in [2.24, 2.45) is 0 Å². The van der Waals surface area contributed by atoms with Gasteiger partial charge in [0.15, 0.2) is 5.58 Å². The van der Waals surface area contributed by atoms with Crippen LogP contribution >= 0.6 is 0 Å². The maximum absolute atomic E-state index is 12.9. The van der Waals surface area contributed by atoms with Gasteiger partial charge in [0.1, 0.15) is 11.6 Å². The highest BCUT2D eigenvalue weighted by molar-refractivity contribution is 5.91. The molecule has 3 aromatic carbocycles. The fraction of sp³-hybridized carbons (Fsp3) is 0.0476. The van der Waals surface area contributed by atoms with Gasteiger partial charge in [-0.15, -0.1) is 0 Å². The van der Waals surface area contributed by atoms with Crippen molar-refractivity contribution in [3.63, 3.8) is 0 Å². The van der Waals surface area contributed by atoms with E-state index in [1.165, 1.54) is 24.3 Å². The summed E-state index contributed by atoms with van der Waals surface area (Å²) in [6.45, 7) is 0. The fourth-order valence-electron chi connectivity index (χ4n) is 2.70. The van der Waals surface area contributed by atoms with Crippen molar-refractivity contribution in [2.75, 3.05) is 0 Å². The molecular weight excluding hydrogens is 333 g/mol. The van der Waals surface area contributed by atoms with Crippen LogP contribution in [0, 0.1) is 5.82 Å². The van der Waals surface area contributed by atoms with Crippen LogP contribution in [0.25, 0.3) is 11.0 Å². The highest BCUT2D eigenvalue weighted by atomic mass is 19.1. The number of hydrogen-bond acceptors (Lipinski definition) is 4. The molecule has 0 saturated heterocycles. The molecule has 0 fully saturated rings. The molecule has 0 aliphatic rings. The molecule has 0 aliphatic carbocycles. The van der Waals surface area contributed by atoms with Crippen molar-refractivity contribution in [2.45, 2.75) is 6.42 Å². The lowest BCUT2D eigenvalue weighted by Crippen LogP contribution is -2.08. The monoisotopic (exact) mass is 347 g/mol. The van der Waals surface area contributed by atoms with Crippen molar-refractivity contribution in [3.8, 4) is 5.75 Å². The van der Waals surface area contributed by atoms with Gasteiger partial charge in [0.2, 0.25) is 0 Å². The Morgan fingerprint density at radius 2 is 1.77 bits per heavy atom. The standard InChI is InChI=1S/C21H14FNO3/c22-16-8-6-15(7-9-16)21(24)25-17-10-11-18-19(23-26-20(18)13-17)12-14-4-2-1-3-5-14/h1-11,13H,12H2. The molecule has 26 heavy (non-hydrogen) atoms. The molecule has 1 heterocycles. The van der Waals surface area contributed by atoms with E-state index in [0.29, 0.717) is 17.8 Å². The van der Waals surface area contributed by atoms with E-state index in [1.807, 2.05) is 36.4 Å². The minimum Gasteiger partial charge on any atom is -0.423 e. The highest BCUT2D eigenvalue weighted by Gasteiger charge is 2.13. The molecule has 0 spiro atoms. The SMILES string of the molecule is O=C(Oc1ccc2c(Cc3ccccc3)noc2c1)c1ccc(F)cc1. The number of carbonyl (C=O) groups excluding carboxylic acids is 1. The van der Waals surface area contributed by atoms with Gasteiger partial charge in [-0.2, -0.15) is 0 Å². The van der Waals surface area contributed by atoms with Crippen LogP contribution in [0.2, 0.25) is 0 Å². The van der Waals surface area contributed by atoms with Crippen molar-refractivity contribution in [3.05, 3.63) is 95.4 Å². The first-order valence-electron chi connectivity index (χ1n) is 8.09. The topological polar surface area (TPSA) is 52.3 Å². The largest absolute Gasteiger partial charge is 0.423 e. The van der Waals surface area contributed by atoms with E-state index in [9.17, 15) is 9.18 Å². The second-order valence-electron chi connectivity index (χ2n) is 5.85. The van der Waals surface area contributed by atoms with Crippen LogP contribution in [-0.4, -0.2) is 11.1 Å². The van der Waals surface area contributed by atoms with E-state index in [0.717, 1.165) is 16.6 Å². The number of benzene rings is 3. The zero-order chi connectivity index (χ0) is 17.9. The van der Waals surface area contributed by atoms with Gasteiger partial charge in [0.25, 0.3) is 0 Å². The molecule has 0 radical (unpaired) electrons. The number of nitrogens with zero attached hydrogens (tertiary/aromatic N) is 1. The van der Waals surface area contributed by atoms with Crippen LogP contribution in [0.1, 0.15) is 21.6 Å². The lowest BCUT2D eigenvalue weighted by molar-refractivity contribution is 0.0735. The van der Waals surface area contributed by atoms with E-state index in [1.54, 1.807) is 12.1 Å². The summed E-state index contributed by atoms with van der Waals surface area (Å²) >= 11 is 0. The predicted molar refractivity (Wildman–Crippen MR) is 94.6 cm³/mol. The Morgan fingerprint density at radius 3 is 2.54 bits per heavy atom. The van der Waals surface area contributed by atoms with E-state index in [4.69, 9.17) is 9.26 Å². The average Bonchev–Trinajstić information content (AvgIpc) is 3.05.